The van der Waals surface area contributed by atoms with Gasteiger partial charge in [-0.1, -0.05) is 13.8 Å². The van der Waals surface area contributed by atoms with E-state index in [-0.39, 0.29) is 10.8 Å². The smallest absolute Gasteiger partial charge is 0.412 e. The van der Waals surface area contributed by atoms with E-state index in [1.54, 1.807) is 0 Å². The predicted molar refractivity (Wildman–Crippen MR) is 87.8 cm³/mol. The molecule has 1 atom stereocenters. The lowest BCUT2D eigenvalue weighted by molar-refractivity contribution is 0.0636. The second-order valence-electron chi connectivity index (χ2n) is 7.05. The highest BCUT2D eigenvalue weighted by atomic mass is 32.2. The average Bonchev–Trinajstić information content (AvgIpc) is 2.26. The molecule has 0 aromatic heterocycles. The molecule has 2 rings (SSSR count). The minimum atomic E-state index is -0.505. The SMILES string of the molecule is CC(C)(C)OC(=O)Nc1ccc2c(c1)[C@H](N)CC(C)(C)S2. The minimum Gasteiger partial charge on any atom is -0.444 e. The second-order valence-corrected chi connectivity index (χ2v) is 8.80. The van der Waals surface area contributed by atoms with E-state index in [1.165, 1.54) is 4.90 Å². The molecule has 5 heteroatoms. The van der Waals surface area contributed by atoms with Crippen molar-refractivity contribution in [2.24, 2.45) is 5.73 Å². The van der Waals surface area contributed by atoms with Gasteiger partial charge in [0.25, 0.3) is 0 Å². The molecule has 1 aromatic rings. The fraction of sp³-hybridized carbons (Fsp3) is 0.562. The third-order valence-electron chi connectivity index (χ3n) is 3.15. The summed E-state index contributed by atoms with van der Waals surface area (Å²) in [4.78, 5) is 13.0. The van der Waals surface area contributed by atoms with Crippen LogP contribution in [0.3, 0.4) is 0 Å². The number of fused-ring (bicyclic) bond motifs is 1. The van der Waals surface area contributed by atoms with Gasteiger partial charge in [-0.3, -0.25) is 5.32 Å². The van der Waals surface area contributed by atoms with Gasteiger partial charge in [-0.15, -0.1) is 11.8 Å². The van der Waals surface area contributed by atoms with E-state index >= 15 is 0 Å². The number of rotatable bonds is 1. The van der Waals surface area contributed by atoms with Crippen molar-refractivity contribution in [3.63, 3.8) is 0 Å². The molecule has 0 aliphatic carbocycles. The number of hydrogen-bond acceptors (Lipinski definition) is 4. The van der Waals surface area contributed by atoms with Crippen LogP contribution in [-0.2, 0) is 4.74 Å². The van der Waals surface area contributed by atoms with Crippen molar-refractivity contribution in [2.45, 2.75) is 62.3 Å². The Hall–Kier alpha value is -1.20. The summed E-state index contributed by atoms with van der Waals surface area (Å²) in [5, 5.41) is 2.76. The van der Waals surface area contributed by atoms with Crippen LogP contribution in [0.25, 0.3) is 0 Å². The molecule has 0 unspecified atom stereocenters. The minimum absolute atomic E-state index is 0.00311. The number of amides is 1. The van der Waals surface area contributed by atoms with E-state index in [9.17, 15) is 4.79 Å². The highest BCUT2D eigenvalue weighted by Gasteiger charge is 2.31. The summed E-state index contributed by atoms with van der Waals surface area (Å²) in [6.07, 6.45) is 0.473. The van der Waals surface area contributed by atoms with Crippen LogP contribution in [0.4, 0.5) is 10.5 Å². The average molecular weight is 308 g/mol. The largest absolute Gasteiger partial charge is 0.444 e. The molecule has 0 spiro atoms. The zero-order valence-electron chi connectivity index (χ0n) is 13.3. The highest BCUT2D eigenvalue weighted by Crippen LogP contribution is 2.46. The number of nitrogens with two attached hydrogens (primary N) is 1. The van der Waals surface area contributed by atoms with E-state index in [0.717, 1.165) is 17.7 Å². The van der Waals surface area contributed by atoms with Crippen molar-refractivity contribution >= 4 is 23.5 Å². The van der Waals surface area contributed by atoms with Crippen LogP contribution in [0.1, 0.15) is 52.6 Å². The molecule has 0 radical (unpaired) electrons. The monoisotopic (exact) mass is 308 g/mol. The summed E-state index contributed by atoms with van der Waals surface area (Å²) in [5.41, 5.74) is 7.57. The highest BCUT2D eigenvalue weighted by molar-refractivity contribution is 8.00. The summed E-state index contributed by atoms with van der Waals surface area (Å²) in [5.74, 6) is 0. The van der Waals surface area contributed by atoms with Crippen molar-refractivity contribution in [1.82, 2.24) is 0 Å². The van der Waals surface area contributed by atoms with E-state index in [1.807, 2.05) is 50.7 Å². The van der Waals surface area contributed by atoms with E-state index in [4.69, 9.17) is 10.5 Å². The van der Waals surface area contributed by atoms with Gasteiger partial charge in [0.2, 0.25) is 0 Å². The van der Waals surface area contributed by atoms with Gasteiger partial charge in [0, 0.05) is 21.4 Å². The summed E-state index contributed by atoms with van der Waals surface area (Å²) in [6, 6.07) is 5.86. The molecule has 21 heavy (non-hydrogen) atoms. The molecule has 3 N–H and O–H groups in total. The molecule has 1 aromatic carbocycles. The molecular formula is C16H24N2O2S. The van der Waals surface area contributed by atoms with E-state index in [0.29, 0.717) is 0 Å². The number of carbonyl (C=O) groups excluding carboxylic acids is 1. The Morgan fingerprint density at radius 1 is 1.43 bits per heavy atom. The van der Waals surface area contributed by atoms with Gasteiger partial charge >= 0.3 is 6.09 Å². The Kier molecular flexibility index (Phi) is 4.26. The summed E-state index contributed by atoms with van der Waals surface area (Å²) >= 11 is 1.83. The van der Waals surface area contributed by atoms with Gasteiger partial charge in [-0.2, -0.15) is 0 Å². The Morgan fingerprint density at radius 2 is 2.10 bits per heavy atom. The summed E-state index contributed by atoms with van der Waals surface area (Å²) in [7, 11) is 0. The van der Waals surface area contributed by atoms with E-state index in [2.05, 4.69) is 19.2 Å². The van der Waals surface area contributed by atoms with Gasteiger partial charge < -0.3 is 10.5 Å². The summed E-state index contributed by atoms with van der Waals surface area (Å²) < 4.78 is 5.40. The fourth-order valence-corrected chi connectivity index (χ4v) is 3.73. The van der Waals surface area contributed by atoms with Gasteiger partial charge in [0.05, 0.1) is 0 Å². The Balaban J connectivity index is 2.15. The van der Waals surface area contributed by atoms with Crippen LogP contribution >= 0.6 is 11.8 Å². The molecule has 1 amide bonds. The third-order valence-corrected chi connectivity index (χ3v) is 4.46. The molecule has 116 valence electrons. The Bertz CT molecular complexity index is 550. The molecule has 0 bridgehead atoms. The van der Waals surface area contributed by atoms with Gasteiger partial charge in [0.1, 0.15) is 5.60 Å². The maximum Gasteiger partial charge on any atom is 0.412 e. The van der Waals surface area contributed by atoms with Crippen LogP contribution in [0.2, 0.25) is 0 Å². The van der Waals surface area contributed by atoms with Crippen LogP contribution in [-0.4, -0.2) is 16.4 Å². The van der Waals surface area contributed by atoms with Crippen LogP contribution in [0, 0.1) is 0 Å². The first-order valence-corrected chi connectivity index (χ1v) is 7.96. The molecule has 0 fully saturated rings. The number of benzene rings is 1. The number of anilines is 1. The predicted octanol–water partition coefficient (Wildman–Crippen LogP) is 4.31. The lowest BCUT2D eigenvalue weighted by Gasteiger charge is -2.34. The van der Waals surface area contributed by atoms with Crippen molar-refractivity contribution in [3.05, 3.63) is 23.8 Å². The first-order chi connectivity index (χ1) is 9.56. The zero-order valence-corrected chi connectivity index (χ0v) is 14.1. The molecular weight excluding hydrogens is 284 g/mol. The maximum atomic E-state index is 11.8. The number of hydrogen-bond donors (Lipinski definition) is 2. The number of thioether (sulfide) groups is 1. The number of ether oxygens (including phenoxy) is 1. The first-order valence-electron chi connectivity index (χ1n) is 7.14. The number of nitrogens with one attached hydrogen (secondary N) is 1. The van der Waals surface area contributed by atoms with Crippen molar-refractivity contribution < 1.29 is 9.53 Å². The molecule has 1 aliphatic heterocycles. The maximum absolute atomic E-state index is 11.8. The lowest BCUT2D eigenvalue weighted by atomic mass is 9.96. The van der Waals surface area contributed by atoms with Gasteiger partial charge in [0.15, 0.2) is 0 Å². The quantitative estimate of drug-likeness (QED) is 0.811. The van der Waals surface area contributed by atoms with Gasteiger partial charge in [-0.05, 0) is 51.0 Å². The second kappa shape index (κ2) is 5.54. The normalized spacial score (nSPS) is 20.6. The van der Waals surface area contributed by atoms with E-state index < -0.39 is 11.7 Å². The molecule has 1 heterocycles. The van der Waals surface area contributed by atoms with Crippen LogP contribution in [0.15, 0.2) is 23.1 Å². The Morgan fingerprint density at radius 3 is 2.71 bits per heavy atom. The van der Waals surface area contributed by atoms with Gasteiger partial charge in [-0.25, -0.2) is 4.79 Å². The zero-order chi connectivity index (χ0) is 15.8. The van der Waals surface area contributed by atoms with Crippen molar-refractivity contribution in [3.8, 4) is 0 Å². The Labute approximate surface area is 130 Å². The standard InChI is InChI=1S/C16H24N2O2S/c1-15(2,3)20-14(19)18-10-6-7-13-11(8-10)12(17)9-16(4,5)21-13/h6-8,12H,9,17H2,1-5H3,(H,18,19)/t12-/m1/s1. The summed E-state index contributed by atoms with van der Waals surface area (Å²) in [6.45, 7) is 9.93. The van der Waals surface area contributed by atoms with Crippen LogP contribution in [0.5, 0.6) is 0 Å². The third kappa shape index (κ3) is 4.38. The topological polar surface area (TPSA) is 64.3 Å². The van der Waals surface area contributed by atoms with Crippen molar-refractivity contribution in [2.75, 3.05) is 5.32 Å². The first kappa shape index (κ1) is 16.2. The fourth-order valence-electron chi connectivity index (χ4n) is 2.41. The molecule has 0 saturated heterocycles. The molecule has 4 nitrogen and oxygen atoms in total. The molecule has 1 aliphatic rings. The number of carbonyl (C=O) groups is 1. The lowest BCUT2D eigenvalue weighted by Crippen LogP contribution is -2.29. The molecule has 0 saturated carbocycles. The van der Waals surface area contributed by atoms with Crippen molar-refractivity contribution in [1.29, 1.82) is 0 Å². The van der Waals surface area contributed by atoms with Crippen LogP contribution < -0.4 is 11.1 Å².